The molecule has 0 spiro atoms. The van der Waals surface area contributed by atoms with Crippen LogP contribution in [0, 0.1) is 5.82 Å². The van der Waals surface area contributed by atoms with Gasteiger partial charge >= 0.3 is 0 Å². The van der Waals surface area contributed by atoms with Crippen LogP contribution < -0.4 is 18.5 Å². The molecule has 0 amide bonds. The molecule has 4 rings (SSSR count). The molecule has 0 saturated heterocycles. The van der Waals surface area contributed by atoms with E-state index in [4.69, 9.17) is 18.6 Å². The molecule has 1 aliphatic rings. The van der Waals surface area contributed by atoms with Crippen molar-refractivity contribution in [2.24, 2.45) is 0 Å². The lowest BCUT2D eigenvalue weighted by atomic mass is 10.0. The second-order valence-corrected chi connectivity index (χ2v) is 17.6. The van der Waals surface area contributed by atoms with Crippen molar-refractivity contribution in [2.45, 2.75) is 62.9 Å². The van der Waals surface area contributed by atoms with E-state index in [1.54, 1.807) is 24.3 Å². The van der Waals surface area contributed by atoms with Crippen LogP contribution in [0.15, 0.2) is 53.7 Å². The SMILES string of the molecule is COc1ccc(CN(c2ncccn2)S(=O)(=O)c2cc3c(cc2F)C(O[Si](C)(C)C(C)(C)C)CCO3)c(OC)c1. The molecule has 1 aliphatic heterocycles. The van der Waals surface area contributed by atoms with Crippen LogP contribution in [0.3, 0.4) is 0 Å². The standard InChI is InChI=1S/C28H36FN3O6SSi/c1-28(2,3)40(6,7)38-23-11-14-37-25-17-26(22(29)16-21(23)25)39(33,34)32(27-30-12-8-13-31-27)18-19-9-10-20(35-4)15-24(19)36-5/h8-10,12-13,15-17,23H,11,14,18H2,1-7H3. The van der Waals surface area contributed by atoms with Crippen molar-refractivity contribution in [1.82, 2.24) is 9.97 Å². The highest BCUT2D eigenvalue weighted by molar-refractivity contribution is 7.92. The van der Waals surface area contributed by atoms with Gasteiger partial charge in [0, 0.05) is 42.1 Å². The second-order valence-electron chi connectivity index (χ2n) is 11.1. The molecule has 9 nitrogen and oxygen atoms in total. The van der Waals surface area contributed by atoms with Gasteiger partial charge in [-0.15, -0.1) is 0 Å². The summed E-state index contributed by atoms with van der Waals surface area (Å²) in [4.78, 5) is 7.76. The summed E-state index contributed by atoms with van der Waals surface area (Å²) < 4.78 is 68.0. The van der Waals surface area contributed by atoms with E-state index < -0.39 is 35.2 Å². The van der Waals surface area contributed by atoms with Gasteiger partial charge in [-0.1, -0.05) is 20.8 Å². The van der Waals surface area contributed by atoms with Gasteiger partial charge in [0.2, 0.25) is 5.95 Å². The maximum atomic E-state index is 15.8. The molecule has 0 aliphatic carbocycles. The molecule has 12 heteroatoms. The summed E-state index contributed by atoms with van der Waals surface area (Å²) in [6, 6.07) is 9.03. The Morgan fingerprint density at radius 3 is 2.42 bits per heavy atom. The largest absolute Gasteiger partial charge is 0.497 e. The summed E-state index contributed by atoms with van der Waals surface area (Å²) in [6.07, 6.45) is 3.00. The Labute approximate surface area is 236 Å². The van der Waals surface area contributed by atoms with Crippen LogP contribution in [0.5, 0.6) is 17.2 Å². The van der Waals surface area contributed by atoms with Crippen LogP contribution in [-0.4, -0.2) is 47.5 Å². The first-order chi connectivity index (χ1) is 18.8. The summed E-state index contributed by atoms with van der Waals surface area (Å²) in [5.74, 6) is 0.202. The molecule has 40 heavy (non-hydrogen) atoms. The van der Waals surface area contributed by atoms with Crippen LogP contribution >= 0.6 is 0 Å². The molecule has 1 unspecified atom stereocenters. The lowest BCUT2D eigenvalue weighted by Gasteiger charge is -2.40. The van der Waals surface area contributed by atoms with Crippen molar-refractivity contribution in [2.75, 3.05) is 25.1 Å². The number of rotatable bonds is 9. The first kappa shape index (κ1) is 29.8. The lowest BCUT2D eigenvalue weighted by Crippen LogP contribution is -2.42. The number of methoxy groups -OCH3 is 2. The molecule has 0 bridgehead atoms. The Balaban J connectivity index is 1.77. The van der Waals surface area contributed by atoms with E-state index in [0.717, 1.165) is 4.31 Å². The Kier molecular flexibility index (Phi) is 8.43. The van der Waals surface area contributed by atoms with Gasteiger partial charge in [0.05, 0.1) is 33.5 Å². The minimum atomic E-state index is -4.50. The quantitative estimate of drug-likeness (QED) is 0.286. The summed E-state index contributed by atoms with van der Waals surface area (Å²) >= 11 is 0. The third kappa shape index (κ3) is 5.93. The van der Waals surface area contributed by atoms with Gasteiger partial charge in [0.25, 0.3) is 10.0 Å². The zero-order valence-corrected chi connectivity index (χ0v) is 25.7. The predicted molar refractivity (Wildman–Crippen MR) is 152 cm³/mol. The summed E-state index contributed by atoms with van der Waals surface area (Å²) in [5.41, 5.74) is 1.02. The molecule has 0 fully saturated rings. The topological polar surface area (TPSA) is 100 Å². The second kappa shape index (κ2) is 11.3. The number of aromatic nitrogens is 2. The van der Waals surface area contributed by atoms with Gasteiger partial charge in [0.1, 0.15) is 28.0 Å². The number of halogens is 1. The number of hydrogen-bond acceptors (Lipinski definition) is 8. The van der Waals surface area contributed by atoms with Gasteiger partial charge in [-0.25, -0.2) is 27.1 Å². The number of benzene rings is 2. The minimum absolute atomic E-state index is 0.0496. The lowest BCUT2D eigenvalue weighted by molar-refractivity contribution is 0.121. The van der Waals surface area contributed by atoms with E-state index in [-0.39, 0.29) is 23.3 Å². The van der Waals surface area contributed by atoms with Crippen molar-refractivity contribution in [3.63, 3.8) is 0 Å². The zero-order chi connectivity index (χ0) is 29.3. The van der Waals surface area contributed by atoms with Crippen LogP contribution in [0.25, 0.3) is 0 Å². The van der Waals surface area contributed by atoms with Crippen LogP contribution in [0.2, 0.25) is 18.1 Å². The number of nitrogens with zero attached hydrogens (tertiary/aromatic N) is 3. The van der Waals surface area contributed by atoms with Gasteiger partial charge in [-0.05, 0) is 42.4 Å². The third-order valence-electron chi connectivity index (χ3n) is 7.44. The van der Waals surface area contributed by atoms with Crippen molar-refractivity contribution in [3.8, 4) is 17.2 Å². The fraction of sp³-hybridized carbons (Fsp3) is 0.429. The summed E-state index contributed by atoms with van der Waals surface area (Å²) in [5, 5.41) is -0.0496. The minimum Gasteiger partial charge on any atom is -0.497 e. The van der Waals surface area contributed by atoms with E-state index in [1.165, 1.54) is 38.7 Å². The van der Waals surface area contributed by atoms with E-state index >= 15 is 4.39 Å². The van der Waals surface area contributed by atoms with Crippen LogP contribution in [0.4, 0.5) is 10.3 Å². The molecular formula is C28H36FN3O6SSi. The van der Waals surface area contributed by atoms with E-state index in [2.05, 4.69) is 43.8 Å². The van der Waals surface area contributed by atoms with Crippen LogP contribution in [0.1, 0.15) is 44.4 Å². The van der Waals surface area contributed by atoms with E-state index in [9.17, 15) is 8.42 Å². The van der Waals surface area contributed by atoms with Crippen LogP contribution in [-0.2, 0) is 21.0 Å². The number of fused-ring (bicyclic) bond motifs is 1. The number of ether oxygens (including phenoxy) is 3. The van der Waals surface area contributed by atoms with Crippen molar-refractivity contribution >= 4 is 24.3 Å². The number of sulfonamides is 1. The molecule has 0 saturated carbocycles. The molecule has 1 aromatic heterocycles. The molecule has 0 radical (unpaired) electrons. The number of anilines is 1. The highest BCUT2D eigenvalue weighted by Crippen LogP contribution is 2.44. The van der Waals surface area contributed by atoms with Gasteiger partial charge in [-0.2, -0.15) is 0 Å². The first-order valence-corrected chi connectivity index (χ1v) is 17.3. The fourth-order valence-electron chi connectivity index (χ4n) is 4.15. The van der Waals surface area contributed by atoms with Gasteiger partial charge in [0.15, 0.2) is 8.32 Å². The average Bonchev–Trinajstić information content (AvgIpc) is 2.91. The molecule has 3 aromatic rings. The average molecular weight is 590 g/mol. The molecule has 2 aromatic carbocycles. The molecule has 1 atom stereocenters. The Morgan fingerprint density at radius 2 is 1.80 bits per heavy atom. The Morgan fingerprint density at radius 1 is 1.10 bits per heavy atom. The first-order valence-electron chi connectivity index (χ1n) is 12.9. The number of hydrogen-bond donors (Lipinski definition) is 0. The molecule has 2 heterocycles. The van der Waals surface area contributed by atoms with Gasteiger partial charge in [-0.3, -0.25) is 0 Å². The van der Waals surface area contributed by atoms with Crippen molar-refractivity contribution in [1.29, 1.82) is 0 Å². The highest BCUT2D eigenvalue weighted by Gasteiger charge is 2.41. The van der Waals surface area contributed by atoms with E-state index in [0.29, 0.717) is 35.7 Å². The third-order valence-corrected chi connectivity index (χ3v) is 13.7. The summed E-state index contributed by atoms with van der Waals surface area (Å²) in [6.45, 7) is 10.8. The van der Waals surface area contributed by atoms with E-state index in [1.807, 2.05) is 0 Å². The maximum absolute atomic E-state index is 15.8. The molecule has 0 N–H and O–H groups in total. The maximum Gasteiger partial charge on any atom is 0.270 e. The molecular weight excluding hydrogens is 553 g/mol. The summed E-state index contributed by atoms with van der Waals surface area (Å²) in [7, 11) is -3.70. The zero-order valence-electron chi connectivity index (χ0n) is 23.9. The monoisotopic (exact) mass is 589 g/mol. The van der Waals surface area contributed by atoms with Crippen molar-refractivity contribution in [3.05, 3.63) is 65.7 Å². The Hall–Kier alpha value is -3.22. The smallest absolute Gasteiger partial charge is 0.270 e. The van der Waals surface area contributed by atoms with Gasteiger partial charge < -0.3 is 18.6 Å². The van der Waals surface area contributed by atoms with Crippen molar-refractivity contribution < 1.29 is 31.4 Å². The molecule has 216 valence electrons. The predicted octanol–water partition coefficient (Wildman–Crippen LogP) is 5.87. The Bertz CT molecular complexity index is 1460. The fourth-order valence-corrected chi connectivity index (χ4v) is 6.88. The normalized spacial score (nSPS) is 15.7. The highest BCUT2D eigenvalue weighted by atomic mass is 32.2.